The predicted molar refractivity (Wildman–Crippen MR) is 78.3 cm³/mol. The first-order valence-corrected chi connectivity index (χ1v) is 8.14. The lowest BCUT2D eigenvalue weighted by Gasteiger charge is -2.31. The lowest BCUT2D eigenvalue weighted by Crippen LogP contribution is -2.33. The Morgan fingerprint density at radius 2 is 2.06 bits per heavy atom. The summed E-state index contributed by atoms with van der Waals surface area (Å²) in [4.78, 5) is 0. The molecule has 1 nitrogen and oxygen atoms in total. The standard InChI is InChI=1S/C15H27OSi/c1-7-10-13-17(15(4,5)6)16-14(11-8-2)12-9-3/h2,7,10,14H,9,11-13H2,1,3-6H3/b10-7-/t14-/m0/s1. The van der Waals surface area contributed by atoms with Crippen LogP contribution in [-0.4, -0.2) is 15.1 Å². The second kappa shape index (κ2) is 8.55. The molecule has 0 aliphatic rings. The molecule has 0 rings (SSSR count). The minimum Gasteiger partial charge on any atom is -0.412 e. The molecule has 0 aliphatic carbocycles. The quantitative estimate of drug-likeness (QED) is 0.366. The molecule has 0 spiro atoms. The van der Waals surface area contributed by atoms with E-state index in [-0.39, 0.29) is 11.1 Å². The van der Waals surface area contributed by atoms with Gasteiger partial charge in [0.2, 0.25) is 9.04 Å². The third-order valence-electron chi connectivity index (χ3n) is 2.64. The van der Waals surface area contributed by atoms with Crippen molar-refractivity contribution in [2.24, 2.45) is 0 Å². The van der Waals surface area contributed by atoms with Crippen molar-refractivity contribution in [3.63, 3.8) is 0 Å². The van der Waals surface area contributed by atoms with Crippen LogP contribution in [0.2, 0.25) is 11.1 Å². The number of terminal acetylenes is 1. The highest BCUT2D eigenvalue weighted by atomic mass is 28.3. The molecule has 0 aromatic rings. The molecule has 1 atom stereocenters. The highest BCUT2D eigenvalue weighted by molar-refractivity contribution is 6.55. The molecule has 2 heteroatoms. The fourth-order valence-corrected chi connectivity index (χ4v) is 3.73. The van der Waals surface area contributed by atoms with Crippen LogP contribution in [-0.2, 0) is 4.43 Å². The van der Waals surface area contributed by atoms with Gasteiger partial charge in [0, 0.05) is 6.42 Å². The van der Waals surface area contributed by atoms with Gasteiger partial charge >= 0.3 is 0 Å². The van der Waals surface area contributed by atoms with Gasteiger partial charge in [-0.3, -0.25) is 0 Å². The molecule has 0 saturated heterocycles. The van der Waals surface area contributed by atoms with E-state index in [1.165, 1.54) is 0 Å². The lowest BCUT2D eigenvalue weighted by molar-refractivity contribution is 0.185. The second-order valence-electron chi connectivity index (χ2n) is 5.38. The Bertz CT molecular complexity index is 257. The first kappa shape index (κ1) is 16.5. The first-order chi connectivity index (χ1) is 7.95. The summed E-state index contributed by atoms with van der Waals surface area (Å²) in [6.07, 6.45) is 12.9. The molecule has 0 aromatic carbocycles. The largest absolute Gasteiger partial charge is 0.412 e. The molecular formula is C15H27OSi. The molecule has 0 aromatic heterocycles. The lowest BCUT2D eigenvalue weighted by atomic mass is 10.1. The smallest absolute Gasteiger partial charge is 0.221 e. The van der Waals surface area contributed by atoms with Crippen LogP contribution >= 0.6 is 0 Å². The Labute approximate surface area is 109 Å². The molecule has 0 unspecified atom stereocenters. The molecule has 0 fully saturated rings. The summed E-state index contributed by atoms with van der Waals surface area (Å²) < 4.78 is 6.31. The van der Waals surface area contributed by atoms with E-state index in [1.807, 2.05) is 0 Å². The summed E-state index contributed by atoms with van der Waals surface area (Å²) in [5.41, 5.74) is 0. The maximum Gasteiger partial charge on any atom is 0.221 e. The number of hydrogen-bond donors (Lipinski definition) is 0. The van der Waals surface area contributed by atoms with Crippen molar-refractivity contribution in [2.45, 2.75) is 71.1 Å². The zero-order valence-electron chi connectivity index (χ0n) is 12.0. The van der Waals surface area contributed by atoms with E-state index >= 15 is 0 Å². The van der Waals surface area contributed by atoms with Gasteiger partial charge in [0.1, 0.15) is 0 Å². The maximum absolute atomic E-state index is 6.31. The van der Waals surface area contributed by atoms with E-state index in [2.05, 4.69) is 52.7 Å². The van der Waals surface area contributed by atoms with E-state index in [1.54, 1.807) is 0 Å². The minimum atomic E-state index is -0.848. The van der Waals surface area contributed by atoms with Crippen LogP contribution < -0.4 is 0 Å². The molecule has 1 radical (unpaired) electrons. The van der Waals surface area contributed by atoms with Crippen LogP contribution in [0.4, 0.5) is 0 Å². The Balaban J connectivity index is 4.53. The van der Waals surface area contributed by atoms with Crippen molar-refractivity contribution in [3.8, 4) is 12.3 Å². The van der Waals surface area contributed by atoms with E-state index < -0.39 is 9.04 Å². The Kier molecular flexibility index (Phi) is 8.29. The van der Waals surface area contributed by atoms with Gasteiger partial charge in [0.05, 0.1) is 6.10 Å². The van der Waals surface area contributed by atoms with Gasteiger partial charge in [-0.2, -0.15) is 0 Å². The Morgan fingerprint density at radius 3 is 2.47 bits per heavy atom. The summed E-state index contributed by atoms with van der Waals surface area (Å²) in [6.45, 7) is 11.0. The third kappa shape index (κ3) is 7.41. The topological polar surface area (TPSA) is 9.23 Å². The molecule has 0 aliphatic heterocycles. The summed E-state index contributed by atoms with van der Waals surface area (Å²) in [5, 5.41) is 0.255. The predicted octanol–water partition coefficient (Wildman–Crippen LogP) is 4.56. The average molecular weight is 251 g/mol. The number of hydrogen-bond acceptors (Lipinski definition) is 1. The van der Waals surface area contributed by atoms with Gasteiger partial charge in [-0.15, -0.1) is 12.3 Å². The van der Waals surface area contributed by atoms with Gasteiger partial charge in [-0.1, -0.05) is 46.3 Å². The zero-order valence-corrected chi connectivity index (χ0v) is 13.0. The highest BCUT2D eigenvalue weighted by Gasteiger charge is 2.30. The summed E-state index contributed by atoms with van der Waals surface area (Å²) in [6, 6.07) is 1.06. The van der Waals surface area contributed by atoms with Crippen molar-refractivity contribution >= 4 is 9.04 Å². The van der Waals surface area contributed by atoms with E-state index in [0.717, 1.165) is 25.3 Å². The highest BCUT2D eigenvalue weighted by Crippen LogP contribution is 2.31. The van der Waals surface area contributed by atoms with Crippen molar-refractivity contribution < 1.29 is 4.43 Å². The minimum absolute atomic E-state index is 0.253. The van der Waals surface area contributed by atoms with Crippen molar-refractivity contribution in [1.29, 1.82) is 0 Å². The van der Waals surface area contributed by atoms with E-state index in [0.29, 0.717) is 0 Å². The second-order valence-corrected chi connectivity index (χ2v) is 8.37. The van der Waals surface area contributed by atoms with Crippen molar-refractivity contribution in [3.05, 3.63) is 12.2 Å². The molecular weight excluding hydrogens is 224 g/mol. The fourth-order valence-electron chi connectivity index (χ4n) is 1.61. The van der Waals surface area contributed by atoms with Gasteiger partial charge in [-0.05, 0) is 24.4 Å². The number of allylic oxidation sites excluding steroid dienone is 2. The number of rotatable bonds is 7. The van der Waals surface area contributed by atoms with Crippen LogP contribution in [0, 0.1) is 12.3 Å². The van der Waals surface area contributed by atoms with E-state index in [9.17, 15) is 0 Å². The Morgan fingerprint density at radius 1 is 1.41 bits per heavy atom. The van der Waals surface area contributed by atoms with Gasteiger partial charge in [-0.25, -0.2) is 0 Å². The Hall–Kier alpha value is -0.523. The fraction of sp³-hybridized carbons (Fsp3) is 0.733. The molecule has 0 bridgehead atoms. The molecule has 0 amide bonds. The van der Waals surface area contributed by atoms with Crippen LogP contribution in [0.5, 0.6) is 0 Å². The van der Waals surface area contributed by atoms with Gasteiger partial charge in [0.25, 0.3) is 0 Å². The normalized spacial score (nSPS) is 14.2. The molecule has 0 saturated carbocycles. The SMILES string of the molecule is C#CC[C@@H](CCC)O[Si](C/C=C\C)C(C)(C)C. The molecule has 0 N–H and O–H groups in total. The van der Waals surface area contributed by atoms with Gasteiger partial charge in [0.15, 0.2) is 0 Å². The van der Waals surface area contributed by atoms with Gasteiger partial charge < -0.3 is 4.43 Å². The summed E-state index contributed by atoms with van der Waals surface area (Å²) >= 11 is 0. The maximum atomic E-state index is 6.31. The molecule has 97 valence electrons. The van der Waals surface area contributed by atoms with Crippen LogP contribution in [0.25, 0.3) is 0 Å². The van der Waals surface area contributed by atoms with Crippen molar-refractivity contribution in [1.82, 2.24) is 0 Å². The zero-order chi connectivity index (χ0) is 13.3. The monoisotopic (exact) mass is 251 g/mol. The van der Waals surface area contributed by atoms with Crippen LogP contribution in [0.15, 0.2) is 12.2 Å². The van der Waals surface area contributed by atoms with E-state index in [4.69, 9.17) is 10.8 Å². The molecule has 0 heterocycles. The van der Waals surface area contributed by atoms with Crippen LogP contribution in [0.1, 0.15) is 53.9 Å². The molecule has 17 heavy (non-hydrogen) atoms. The average Bonchev–Trinajstić information content (AvgIpc) is 2.23. The third-order valence-corrected chi connectivity index (χ3v) is 5.54. The summed E-state index contributed by atoms with van der Waals surface area (Å²) in [5.74, 6) is 2.74. The van der Waals surface area contributed by atoms with Crippen molar-refractivity contribution in [2.75, 3.05) is 0 Å². The summed E-state index contributed by atoms with van der Waals surface area (Å²) in [7, 11) is -0.848. The van der Waals surface area contributed by atoms with Crippen LogP contribution in [0.3, 0.4) is 0 Å². The first-order valence-electron chi connectivity index (χ1n) is 6.53.